The highest BCUT2D eigenvalue weighted by atomic mass is 35.5. The minimum Gasteiger partial charge on any atom is -0.348 e. The lowest BCUT2D eigenvalue weighted by molar-refractivity contribution is -0.193. The van der Waals surface area contributed by atoms with Crippen LogP contribution < -0.4 is 0 Å². The Bertz CT molecular complexity index is 473. The van der Waals surface area contributed by atoms with Crippen LogP contribution in [0.4, 0.5) is 0 Å². The van der Waals surface area contributed by atoms with Crippen molar-refractivity contribution in [2.24, 2.45) is 0 Å². The number of hydrogen-bond donors (Lipinski definition) is 0. The van der Waals surface area contributed by atoms with Crippen LogP contribution in [0.3, 0.4) is 0 Å². The van der Waals surface area contributed by atoms with Gasteiger partial charge in [-0.25, -0.2) is 0 Å². The van der Waals surface area contributed by atoms with Gasteiger partial charge in [0.05, 0.1) is 13.2 Å². The topological polar surface area (TPSA) is 21.7 Å². The Morgan fingerprint density at radius 2 is 1.60 bits per heavy atom. The van der Waals surface area contributed by atoms with E-state index in [0.717, 1.165) is 43.9 Å². The molecule has 110 valence electrons. The second kappa shape index (κ2) is 5.30. The molecule has 1 saturated carbocycles. The first-order chi connectivity index (χ1) is 9.58. The summed E-state index contributed by atoms with van der Waals surface area (Å²) in [5.41, 5.74) is 1.21. The lowest BCUT2D eigenvalue weighted by Crippen LogP contribution is -2.49. The molecule has 1 saturated heterocycles. The van der Waals surface area contributed by atoms with Crippen LogP contribution in [0.2, 0.25) is 5.02 Å². The van der Waals surface area contributed by atoms with E-state index in [9.17, 15) is 0 Å². The molecule has 2 fully saturated rings. The van der Waals surface area contributed by atoms with Crippen molar-refractivity contribution < 1.29 is 9.47 Å². The molecule has 0 N–H and O–H groups in total. The largest absolute Gasteiger partial charge is 0.348 e. The Kier molecular flexibility index (Phi) is 3.80. The summed E-state index contributed by atoms with van der Waals surface area (Å²) in [6, 6.07) is 8.19. The Hall–Kier alpha value is -0.610. The van der Waals surface area contributed by atoms with Crippen LogP contribution in [0.15, 0.2) is 24.3 Å². The van der Waals surface area contributed by atoms with Crippen molar-refractivity contribution in [1.29, 1.82) is 0 Å². The van der Waals surface area contributed by atoms with E-state index in [0.29, 0.717) is 0 Å². The molecule has 1 aliphatic carbocycles. The normalized spacial score (nSPS) is 24.4. The van der Waals surface area contributed by atoms with E-state index in [1.165, 1.54) is 5.56 Å². The molecule has 0 atom stereocenters. The summed E-state index contributed by atoms with van der Waals surface area (Å²) in [5.74, 6) is -0.333. The van der Waals surface area contributed by atoms with Gasteiger partial charge in [-0.15, -0.1) is 0 Å². The van der Waals surface area contributed by atoms with Crippen LogP contribution in [0.1, 0.15) is 31.2 Å². The Morgan fingerprint density at radius 3 is 2.15 bits per heavy atom. The summed E-state index contributed by atoms with van der Waals surface area (Å²) in [5, 5.41) is 0.852. The van der Waals surface area contributed by atoms with Gasteiger partial charge < -0.3 is 9.47 Å². The summed E-state index contributed by atoms with van der Waals surface area (Å²) >= 11 is 6.45. The fourth-order valence-electron chi connectivity index (χ4n) is 3.63. The Morgan fingerprint density at radius 1 is 1.00 bits per heavy atom. The quantitative estimate of drug-likeness (QED) is 0.834. The van der Waals surface area contributed by atoms with E-state index in [1.807, 2.05) is 12.1 Å². The van der Waals surface area contributed by atoms with Gasteiger partial charge in [0.15, 0.2) is 5.79 Å². The minimum atomic E-state index is -0.333. The third kappa shape index (κ3) is 2.27. The first kappa shape index (κ1) is 14.3. The first-order valence-corrected chi connectivity index (χ1v) is 7.66. The lowest BCUT2D eigenvalue weighted by Gasteiger charge is -2.48. The number of halogens is 1. The third-order valence-corrected chi connectivity index (χ3v) is 5.21. The second-order valence-corrected chi connectivity index (χ2v) is 6.42. The van der Waals surface area contributed by atoms with Crippen LogP contribution >= 0.6 is 11.6 Å². The van der Waals surface area contributed by atoms with E-state index in [-0.39, 0.29) is 11.3 Å². The summed E-state index contributed by atoms with van der Waals surface area (Å²) < 4.78 is 11.7. The maximum absolute atomic E-state index is 6.45. The van der Waals surface area contributed by atoms with Gasteiger partial charge in [-0.3, -0.25) is 4.90 Å². The maximum atomic E-state index is 6.45. The molecule has 20 heavy (non-hydrogen) atoms. The number of hydrogen-bond acceptors (Lipinski definition) is 3. The van der Waals surface area contributed by atoms with Gasteiger partial charge >= 0.3 is 0 Å². The fraction of sp³-hybridized carbons (Fsp3) is 0.625. The summed E-state index contributed by atoms with van der Waals surface area (Å²) in [6.45, 7) is 1.45. The van der Waals surface area contributed by atoms with E-state index in [2.05, 4.69) is 31.1 Å². The molecule has 1 spiro atoms. The predicted molar refractivity (Wildman–Crippen MR) is 79.9 cm³/mol. The van der Waals surface area contributed by atoms with E-state index < -0.39 is 0 Å². The maximum Gasteiger partial charge on any atom is 0.168 e. The van der Waals surface area contributed by atoms with Crippen LogP contribution in [0.5, 0.6) is 0 Å². The standard InChI is InChI=1S/C16H22ClNO2/c1-18(2)15(13-5-3-4-6-14(13)17)7-9-16(10-8-15)19-11-12-20-16/h3-6H,7-12H2,1-2H3. The molecule has 0 amide bonds. The number of benzene rings is 1. The third-order valence-electron chi connectivity index (χ3n) is 4.88. The number of rotatable bonds is 2. The highest BCUT2D eigenvalue weighted by Crippen LogP contribution is 2.48. The van der Waals surface area contributed by atoms with Crippen LogP contribution in [0.25, 0.3) is 0 Å². The van der Waals surface area contributed by atoms with Crippen LogP contribution in [0, 0.1) is 0 Å². The average Bonchev–Trinajstić information content (AvgIpc) is 2.89. The molecule has 0 aromatic heterocycles. The van der Waals surface area contributed by atoms with Crippen molar-refractivity contribution >= 4 is 11.6 Å². The van der Waals surface area contributed by atoms with Gasteiger partial charge in [-0.1, -0.05) is 29.8 Å². The van der Waals surface area contributed by atoms with Crippen molar-refractivity contribution in [3.05, 3.63) is 34.9 Å². The predicted octanol–water partition coefficient (Wildman–Crippen LogP) is 3.41. The molecule has 1 aromatic rings. The highest BCUT2D eigenvalue weighted by Gasteiger charge is 2.48. The molecule has 0 unspecified atom stereocenters. The van der Waals surface area contributed by atoms with E-state index in [1.54, 1.807) is 0 Å². The summed E-state index contributed by atoms with van der Waals surface area (Å²) in [6.07, 6.45) is 3.86. The smallest absolute Gasteiger partial charge is 0.168 e. The molecule has 3 nitrogen and oxygen atoms in total. The zero-order chi connectivity index (χ0) is 14.2. The molecular formula is C16H22ClNO2. The molecule has 0 bridgehead atoms. The van der Waals surface area contributed by atoms with Gasteiger partial charge in [0.25, 0.3) is 0 Å². The van der Waals surface area contributed by atoms with Crippen LogP contribution in [-0.4, -0.2) is 38.0 Å². The molecule has 1 aliphatic heterocycles. The van der Waals surface area contributed by atoms with Crippen molar-refractivity contribution in [2.45, 2.75) is 37.0 Å². The van der Waals surface area contributed by atoms with Crippen molar-refractivity contribution in [2.75, 3.05) is 27.3 Å². The van der Waals surface area contributed by atoms with Crippen LogP contribution in [-0.2, 0) is 15.0 Å². The average molecular weight is 296 g/mol. The monoisotopic (exact) mass is 295 g/mol. The summed E-state index contributed by atoms with van der Waals surface area (Å²) in [7, 11) is 4.27. The minimum absolute atomic E-state index is 0.0150. The van der Waals surface area contributed by atoms with Gasteiger partial charge in [0, 0.05) is 23.4 Å². The molecule has 0 radical (unpaired) electrons. The molecule has 2 aliphatic rings. The molecular weight excluding hydrogens is 274 g/mol. The molecule has 1 aromatic carbocycles. The second-order valence-electron chi connectivity index (χ2n) is 6.01. The zero-order valence-electron chi connectivity index (χ0n) is 12.2. The first-order valence-electron chi connectivity index (χ1n) is 7.28. The fourth-order valence-corrected chi connectivity index (χ4v) is 3.94. The zero-order valence-corrected chi connectivity index (χ0v) is 12.9. The van der Waals surface area contributed by atoms with Gasteiger partial charge in [-0.2, -0.15) is 0 Å². The highest BCUT2D eigenvalue weighted by molar-refractivity contribution is 6.31. The summed E-state index contributed by atoms with van der Waals surface area (Å²) in [4.78, 5) is 2.30. The van der Waals surface area contributed by atoms with Crippen molar-refractivity contribution in [3.63, 3.8) is 0 Å². The number of nitrogens with zero attached hydrogens (tertiary/aromatic N) is 1. The molecule has 3 rings (SSSR count). The lowest BCUT2D eigenvalue weighted by atomic mass is 9.73. The van der Waals surface area contributed by atoms with E-state index in [4.69, 9.17) is 21.1 Å². The van der Waals surface area contributed by atoms with Gasteiger partial charge in [-0.05, 0) is 38.6 Å². The van der Waals surface area contributed by atoms with Crippen molar-refractivity contribution in [3.8, 4) is 0 Å². The SMILES string of the molecule is CN(C)C1(c2ccccc2Cl)CCC2(CC1)OCCO2. The van der Waals surface area contributed by atoms with Gasteiger partial charge in [0.1, 0.15) is 0 Å². The van der Waals surface area contributed by atoms with Crippen molar-refractivity contribution in [1.82, 2.24) is 4.90 Å². The molecule has 4 heteroatoms. The van der Waals surface area contributed by atoms with E-state index >= 15 is 0 Å². The number of ether oxygens (including phenoxy) is 2. The molecule has 1 heterocycles. The van der Waals surface area contributed by atoms with Gasteiger partial charge in [0.2, 0.25) is 0 Å². The Labute approximate surface area is 125 Å². The Balaban J connectivity index is 1.90.